The summed E-state index contributed by atoms with van der Waals surface area (Å²) in [6, 6.07) is 13.5. The zero-order valence-electron chi connectivity index (χ0n) is 15.5. The van der Waals surface area contributed by atoms with Crippen LogP contribution in [0.2, 0.25) is 0 Å². The van der Waals surface area contributed by atoms with Crippen LogP contribution in [0.5, 0.6) is 5.75 Å². The molecule has 7 heteroatoms. The van der Waals surface area contributed by atoms with Crippen LogP contribution in [0.4, 0.5) is 5.69 Å². The molecule has 0 radical (unpaired) electrons. The van der Waals surface area contributed by atoms with Crippen molar-refractivity contribution >= 4 is 23.4 Å². The molecule has 0 aliphatic heterocycles. The number of carbonyl (C=O) groups is 1. The Bertz CT molecular complexity index is 902. The van der Waals surface area contributed by atoms with Gasteiger partial charge in [-0.3, -0.25) is 4.79 Å². The van der Waals surface area contributed by atoms with E-state index in [1.807, 2.05) is 63.2 Å². The highest BCUT2D eigenvalue weighted by Gasteiger charge is 2.12. The Morgan fingerprint density at radius 2 is 1.81 bits per heavy atom. The van der Waals surface area contributed by atoms with E-state index in [2.05, 4.69) is 15.5 Å². The Kier molecular flexibility index (Phi) is 6.13. The third kappa shape index (κ3) is 5.34. The number of nitrogens with zero attached hydrogens (tertiary/aromatic N) is 2. The van der Waals surface area contributed by atoms with E-state index in [-0.39, 0.29) is 18.3 Å². The van der Waals surface area contributed by atoms with E-state index in [9.17, 15) is 4.79 Å². The van der Waals surface area contributed by atoms with Crippen LogP contribution in [0.1, 0.15) is 22.6 Å². The van der Waals surface area contributed by atoms with Crippen LogP contribution in [-0.4, -0.2) is 21.9 Å². The molecule has 3 aromatic rings. The normalized spacial score (nSPS) is 10.6. The van der Waals surface area contributed by atoms with Gasteiger partial charge >= 0.3 is 0 Å². The maximum Gasteiger partial charge on any atom is 0.277 e. The molecule has 1 aromatic heterocycles. The lowest BCUT2D eigenvalue weighted by Gasteiger charge is -2.12. The van der Waals surface area contributed by atoms with Gasteiger partial charge in [-0.1, -0.05) is 47.7 Å². The van der Waals surface area contributed by atoms with Gasteiger partial charge < -0.3 is 14.5 Å². The first kappa shape index (κ1) is 19.0. The fourth-order valence-electron chi connectivity index (χ4n) is 2.70. The minimum absolute atomic E-state index is 0.115. The number of ether oxygens (including phenoxy) is 1. The molecule has 1 heterocycles. The van der Waals surface area contributed by atoms with Crippen LogP contribution in [0, 0.1) is 20.8 Å². The van der Waals surface area contributed by atoms with Gasteiger partial charge in [0.1, 0.15) is 5.75 Å². The third-order valence-electron chi connectivity index (χ3n) is 3.82. The van der Waals surface area contributed by atoms with Crippen molar-refractivity contribution in [1.29, 1.82) is 0 Å². The van der Waals surface area contributed by atoms with Gasteiger partial charge in [0, 0.05) is 5.69 Å². The molecule has 0 aliphatic rings. The number of benzene rings is 2. The number of hydrogen-bond donors (Lipinski definition) is 1. The second kappa shape index (κ2) is 8.73. The van der Waals surface area contributed by atoms with Crippen molar-refractivity contribution < 1.29 is 13.9 Å². The summed E-state index contributed by atoms with van der Waals surface area (Å²) in [5.74, 6) is 1.17. The van der Waals surface area contributed by atoms with Gasteiger partial charge in [0.25, 0.3) is 11.1 Å². The van der Waals surface area contributed by atoms with Crippen molar-refractivity contribution in [1.82, 2.24) is 10.2 Å². The average molecular weight is 383 g/mol. The van der Waals surface area contributed by atoms with Gasteiger partial charge in [0.15, 0.2) is 6.61 Å². The van der Waals surface area contributed by atoms with Gasteiger partial charge in [0.05, 0.1) is 5.75 Å². The summed E-state index contributed by atoms with van der Waals surface area (Å²) in [5, 5.41) is 11.2. The predicted molar refractivity (Wildman–Crippen MR) is 105 cm³/mol. The lowest BCUT2D eigenvalue weighted by Crippen LogP contribution is -2.15. The number of hydrogen-bond acceptors (Lipinski definition) is 6. The molecule has 0 spiro atoms. The average Bonchev–Trinajstić information content (AvgIpc) is 3.10. The summed E-state index contributed by atoms with van der Waals surface area (Å²) in [5.41, 5.74) is 4.12. The predicted octanol–water partition coefficient (Wildman–Crippen LogP) is 4.30. The van der Waals surface area contributed by atoms with Crippen LogP contribution in [0.15, 0.2) is 52.1 Å². The molecule has 0 aliphatic carbocycles. The van der Waals surface area contributed by atoms with Crippen molar-refractivity contribution in [2.24, 2.45) is 0 Å². The molecule has 0 bridgehead atoms. The van der Waals surface area contributed by atoms with E-state index >= 15 is 0 Å². The van der Waals surface area contributed by atoms with Crippen LogP contribution in [0.25, 0.3) is 0 Å². The molecule has 1 N–H and O–H groups in total. The molecule has 1 amide bonds. The number of anilines is 1. The van der Waals surface area contributed by atoms with Gasteiger partial charge in [0.2, 0.25) is 5.91 Å². The highest BCUT2D eigenvalue weighted by atomic mass is 32.2. The number of carbonyl (C=O) groups excluding carboxylic acids is 1. The van der Waals surface area contributed by atoms with Crippen molar-refractivity contribution in [2.45, 2.75) is 32.6 Å². The molecular formula is C20H21N3O3S. The minimum atomic E-state index is -0.115. The lowest BCUT2D eigenvalue weighted by molar-refractivity contribution is -0.113. The molecule has 6 nitrogen and oxygen atoms in total. The lowest BCUT2D eigenvalue weighted by atomic mass is 10.1. The Morgan fingerprint density at radius 1 is 1.11 bits per heavy atom. The fraction of sp³-hybridized carbons (Fsp3) is 0.250. The standard InChI is InChI=1S/C20H21N3O3S/c1-13-9-14(2)19(15(3)10-13)21-17(24)12-27-20-23-22-18(26-20)11-25-16-7-5-4-6-8-16/h4-10H,11-12H2,1-3H3,(H,21,24). The van der Waals surface area contributed by atoms with E-state index in [0.717, 1.165) is 22.6 Å². The molecule has 0 unspecified atom stereocenters. The topological polar surface area (TPSA) is 77.2 Å². The van der Waals surface area contributed by atoms with E-state index in [1.165, 1.54) is 17.3 Å². The highest BCUT2D eigenvalue weighted by molar-refractivity contribution is 7.99. The SMILES string of the molecule is Cc1cc(C)c(NC(=O)CSc2nnc(COc3ccccc3)o2)c(C)c1. The summed E-state index contributed by atoms with van der Waals surface area (Å²) < 4.78 is 11.1. The Labute approximate surface area is 162 Å². The fourth-order valence-corrected chi connectivity index (χ4v) is 3.28. The maximum absolute atomic E-state index is 12.2. The molecule has 0 atom stereocenters. The number of aryl methyl sites for hydroxylation is 3. The number of rotatable bonds is 7. The zero-order chi connectivity index (χ0) is 19.2. The molecule has 2 aromatic carbocycles. The molecule has 0 saturated heterocycles. The third-order valence-corrected chi connectivity index (χ3v) is 4.64. The quantitative estimate of drug-likeness (QED) is 0.613. The van der Waals surface area contributed by atoms with Crippen molar-refractivity contribution in [3.05, 3.63) is 65.0 Å². The summed E-state index contributed by atoms with van der Waals surface area (Å²) in [6.45, 7) is 6.20. The van der Waals surface area contributed by atoms with E-state index in [1.54, 1.807) is 0 Å². The molecule has 0 fully saturated rings. The molecule has 0 saturated carbocycles. The molecule has 27 heavy (non-hydrogen) atoms. The van der Waals surface area contributed by atoms with E-state index in [0.29, 0.717) is 11.1 Å². The van der Waals surface area contributed by atoms with Crippen LogP contribution >= 0.6 is 11.8 Å². The molecule has 3 rings (SSSR count). The minimum Gasteiger partial charge on any atom is -0.484 e. The second-order valence-corrected chi connectivity index (χ2v) is 7.10. The highest BCUT2D eigenvalue weighted by Crippen LogP contribution is 2.23. The van der Waals surface area contributed by atoms with E-state index < -0.39 is 0 Å². The van der Waals surface area contributed by atoms with Crippen LogP contribution in [-0.2, 0) is 11.4 Å². The smallest absolute Gasteiger partial charge is 0.277 e. The maximum atomic E-state index is 12.2. The number of para-hydroxylation sites is 1. The zero-order valence-corrected chi connectivity index (χ0v) is 16.3. The Balaban J connectivity index is 1.50. The summed E-state index contributed by atoms with van der Waals surface area (Å²) in [6.07, 6.45) is 0. The largest absolute Gasteiger partial charge is 0.484 e. The first-order valence-corrected chi connectivity index (χ1v) is 9.50. The molecular weight excluding hydrogens is 362 g/mol. The van der Waals surface area contributed by atoms with E-state index in [4.69, 9.17) is 9.15 Å². The van der Waals surface area contributed by atoms with Crippen molar-refractivity contribution in [2.75, 3.05) is 11.1 Å². The second-order valence-electron chi connectivity index (χ2n) is 6.17. The van der Waals surface area contributed by atoms with Crippen LogP contribution < -0.4 is 10.1 Å². The van der Waals surface area contributed by atoms with Crippen molar-refractivity contribution in [3.63, 3.8) is 0 Å². The number of thioether (sulfide) groups is 1. The first-order valence-electron chi connectivity index (χ1n) is 8.52. The number of aromatic nitrogens is 2. The summed E-state index contributed by atoms with van der Waals surface area (Å²) in [7, 11) is 0. The number of amides is 1. The summed E-state index contributed by atoms with van der Waals surface area (Å²) in [4.78, 5) is 12.2. The first-order chi connectivity index (χ1) is 13.0. The van der Waals surface area contributed by atoms with Gasteiger partial charge in [-0.15, -0.1) is 10.2 Å². The molecule has 140 valence electrons. The van der Waals surface area contributed by atoms with Crippen molar-refractivity contribution in [3.8, 4) is 5.75 Å². The Hall–Kier alpha value is -2.80. The monoisotopic (exact) mass is 383 g/mol. The van der Waals surface area contributed by atoms with Gasteiger partial charge in [-0.25, -0.2) is 0 Å². The number of nitrogens with one attached hydrogen (secondary N) is 1. The summed E-state index contributed by atoms with van der Waals surface area (Å²) >= 11 is 1.20. The van der Waals surface area contributed by atoms with Gasteiger partial charge in [-0.2, -0.15) is 0 Å². The Morgan fingerprint density at radius 3 is 2.52 bits per heavy atom. The van der Waals surface area contributed by atoms with Gasteiger partial charge in [-0.05, 0) is 44.0 Å². The van der Waals surface area contributed by atoms with Crippen LogP contribution in [0.3, 0.4) is 0 Å².